The van der Waals surface area contributed by atoms with Gasteiger partial charge in [0.15, 0.2) is 11.4 Å². The minimum atomic E-state index is -5.59. The zero-order chi connectivity index (χ0) is 53.0. The van der Waals surface area contributed by atoms with Crippen molar-refractivity contribution in [1.82, 2.24) is 10.4 Å². The average Bonchev–Trinajstić information content (AvgIpc) is 3.29. The van der Waals surface area contributed by atoms with Crippen LogP contribution in [0, 0.1) is 0 Å². The van der Waals surface area contributed by atoms with Crippen molar-refractivity contribution in [3.8, 4) is 22.5 Å². The molecule has 4 aromatic rings. The maximum atomic E-state index is 14.3. The first-order chi connectivity index (χ1) is 33.6. The van der Waals surface area contributed by atoms with Gasteiger partial charge in [0.25, 0.3) is 36.3 Å². The van der Waals surface area contributed by atoms with E-state index in [9.17, 15) is 75.0 Å². The summed E-state index contributed by atoms with van der Waals surface area (Å²) in [5.74, 6) is -1.88. The Bertz CT molecular complexity index is 3620. The van der Waals surface area contributed by atoms with E-state index in [0.717, 1.165) is 23.8 Å². The van der Waals surface area contributed by atoms with Gasteiger partial charge in [-0.1, -0.05) is 60.7 Å². The highest BCUT2D eigenvalue weighted by atomic mass is 32.3. The minimum absolute atomic E-state index is 0.00552. The highest BCUT2D eigenvalue weighted by molar-refractivity contribution is 8.04. The van der Waals surface area contributed by atoms with Gasteiger partial charge >= 0.3 is 26.4 Å². The molecule has 0 aromatic heterocycles. The molecule has 0 spiro atoms. The molecule has 0 fully saturated rings. The lowest BCUT2D eigenvalue weighted by molar-refractivity contribution is -0.520. The van der Waals surface area contributed by atoms with Crippen molar-refractivity contribution in [2.45, 2.75) is 47.2 Å². The van der Waals surface area contributed by atoms with Gasteiger partial charge in [0, 0.05) is 66.8 Å². The first-order valence-corrected chi connectivity index (χ1v) is 28.3. The van der Waals surface area contributed by atoms with E-state index < -0.39 is 83.6 Å². The van der Waals surface area contributed by atoms with Gasteiger partial charge in [-0.25, -0.2) is 9.30 Å². The first-order valence-electron chi connectivity index (χ1n) is 21.0. The molecule has 1 aliphatic heterocycles. The lowest BCUT2D eigenvalue weighted by atomic mass is 9.90. The van der Waals surface area contributed by atoms with Gasteiger partial charge in [0.05, 0.1) is 28.9 Å². The van der Waals surface area contributed by atoms with Crippen LogP contribution in [0.5, 0.6) is 0 Å². The second kappa shape index (κ2) is 21.8. The van der Waals surface area contributed by atoms with E-state index in [1.165, 1.54) is 73.5 Å². The number of benzene rings is 5. The van der Waals surface area contributed by atoms with Crippen LogP contribution in [0.25, 0.3) is 33.4 Å². The van der Waals surface area contributed by atoms with Crippen LogP contribution in [0.3, 0.4) is 0 Å². The predicted octanol–water partition coefficient (Wildman–Crippen LogP) is 2.12. The number of hydroxylamine groups is 1. The quantitative estimate of drug-likeness (QED) is 0.0274. The first kappa shape index (κ1) is 54.9. The maximum Gasteiger partial charge on any atom is 0.360 e. The van der Waals surface area contributed by atoms with Crippen molar-refractivity contribution in [2.24, 2.45) is 0 Å². The number of carboxylic acid groups (broad SMARTS) is 1. The molecular weight excluding hydrogens is 1050 g/mol. The summed E-state index contributed by atoms with van der Waals surface area (Å²) >= 11 is 0. The van der Waals surface area contributed by atoms with E-state index in [1.54, 1.807) is 35.8 Å². The summed E-state index contributed by atoms with van der Waals surface area (Å²) in [6.07, 6.45) is -0.210. The summed E-state index contributed by atoms with van der Waals surface area (Å²) in [5.41, 5.74) is 2.58. The fourth-order valence-corrected chi connectivity index (χ4v) is 11.4. The number of anilines is 2. The van der Waals surface area contributed by atoms with Crippen LogP contribution in [0.15, 0.2) is 117 Å². The van der Waals surface area contributed by atoms with Crippen LogP contribution in [0.1, 0.15) is 41.3 Å². The second-order valence-electron chi connectivity index (χ2n) is 15.8. The molecule has 72 heavy (non-hydrogen) atoms. The molecule has 1 amide bonds. The molecule has 0 saturated heterocycles. The predicted molar refractivity (Wildman–Crippen MR) is 258 cm³/mol. The Morgan fingerprint density at radius 2 is 1.42 bits per heavy atom. The maximum absolute atomic E-state index is 14.3. The normalized spacial score (nSPS) is 12.9. The van der Waals surface area contributed by atoms with Crippen molar-refractivity contribution in [1.29, 1.82) is 0 Å². The van der Waals surface area contributed by atoms with Gasteiger partial charge in [0.1, 0.15) is 11.3 Å². The van der Waals surface area contributed by atoms with Crippen molar-refractivity contribution in [2.75, 3.05) is 36.3 Å². The molecule has 8 N–H and O–H groups in total. The Kier molecular flexibility index (Phi) is 16.6. The van der Waals surface area contributed by atoms with Gasteiger partial charge < -0.3 is 19.7 Å². The summed E-state index contributed by atoms with van der Waals surface area (Å²) < 4.78 is 173. The molecule has 0 bridgehead atoms. The number of amides is 1. The number of aliphatic carboxylic acids is 1. The van der Waals surface area contributed by atoms with Gasteiger partial charge in [-0.2, -0.15) is 51.9 Å². The fourth-order valence-electron chi connectivity index (χ4n) is 7.41. The monoisotopic (exact) mass is 1100 g/mol. The third-order valence-electron chi connectivity index (χ3n) is 10.8. The molecule has 6 rings (SSSR count). The molecular formula is C43H46N5O19S5+. The van der Waals surface area contributed by atoms with Crippen molar-refractivity contribution < 1.29 is 88.7 Å². The van der Waals surface area contributed by atoms with Gasteiger partial charge in [-0.3, -0.25) is 27.8 Å². The van der Waals surface area contributed by atoms with E-state index in [1.807, 2.05) is 0 Å². The van der Waals surface area contributed by atoms with Crippen molar-refractivity contribution in [3.63, 3.8) is 0 Å². The summed E-state index contributed by atoms with van der Waals surface area (Å²) in [6, 6.07) is 24.4. The standard InChI is InChI=1S/C43H45N5O19S5/c1-3-48(72(63,64)65)36-20-32-37(22-34(36)44-24-27-10-5-4-6-11-27)66-38-23-35(45-25-28-15-17-29(18-16-28)68(52,53)54)39(71(61,62)67-46-26-41(69(55,56)57)70(58,59)60)21-33(38)42(32)30-12-7-8-13-31(30)43(51)47(2)19-9-14-40(49)50/h4-8,10-13,15-18,20-23,41,44,46H,3,9,14,19,24-26H2,1-2H3,(H,49,50)(H,52,53,54)(H,55,56,57)(H,58,59,60)(H,63,64,65)/p+1. The second-order valence-corrected chi connectivity index (χ2v) is 23.5. The number of carboxylic acids is 1. The number of nitrogens with zero attached hydrogens (tertiary/aromatic N) is 2. The van der Waals surface area contributed by atoms with Crippen LogP contribution in [0.2, 0.25) is 0 Å². The zero-order valence-electron chi connectivity index (χ0n) is 37.7. The van der Waals surface area contributed by atoms with Crippen LogP contribution in [-0.2, 0) is 72.9 Å². The summed E-state index contributed by atoms with van der Waals surface area (Å²) in [7, 11) is -24.7. The van der Waals surface area contributed by atoms with E-state index in [-0.39, 0.29) is 94.7 Å². The SMILES string of the molecule is CCN(c1cc2c(-c3ccccc3C(=O)N(C)CCCC(=O)O)c3cc(S(=O)(=O)ONCC(S(=O)(=O)O)S(=O)(=O)O)c(=[NH+]Cc4ccc(S(=O)(=O)O)cc4)cc-3oc2cc1NCc1ccccc1)S(=O)(=O)O. The van der Waals surface area contributed by atoms with Crippen LogP contribution in [-0.4, -0.2) is 113 Å². The Balaban J connectivity index is 1.70. The molecule has 1 aliphatic carbocycles. The number of carbonyl (C=O) groups is 2. The fraction of sp³-hybridized carbons (Fsp3) is 0.233. The lowest BCUT2D eigenvalue weighted by Gasteiger charge is -2.25. The molecule has 2 aliphatic rings. The molecule has 29 heteroatoms. The Morgan fingerprint density at radius 1 is 0.778 bits per heavy atom. The summed E-state index contributed by atoms with van der Waals surface area (Å²) in [5, 5.41) is 12.1. The molecule has 0 saturated carbocycles. The largest absolute Gasteiger partial charge is 0.481 e. The van der Waals surface area contributed by atoms with Crippen LogP contribution >= 0.6 is 0 Å². The van der Waals surface area contributed by atoms with E-state index in [0.29, 0.717) is 9.87 Å². The number of hydrogen-bond donors (Lipinski definition) is 8. The average molecular weight is 1100 g/mol. The lowest BCUT2D eigenvalue weighted by Crippen LogP contribution is -2.75. The number of nitrogens with one attached hydrogen (secondary N) is 3. The van der Waals surface area contributed by atoms with Crippen LogP contribution in [0.4, 0.5) is 11.4 Å². The Hall–Kier alpha value is -6.38. The Labute approximate surface area is 413 Å². The van der Waals surface area contributed by atoms with Crippen molar-refractivity contribution in [3.05, 3.63) is 125 Å². The molecule has 0 atom stereocenters. The summed E-state index contributed by atoms with van der Waals surface area (Å²) in [4.78, 5) is 28.5. The van der Waals surface area contributed by atoms with E-state index in [4.69, 9.17) is 8.70 Å². The smallest absolute Gasteiger partial charge is 0.360 e. The molecule has 0 unspecified atom stereocenters. The third kappa shape index (κ3) is 13.2. The van der Waals surface area contributed by atoms with E-state index >= 15 is 0 Å². The topological polar surface area (TPSA) is 373 Å². The number of carbonyl (C=O) groups excluding carboxylic acids is 1. The highest BCUT2D eigenvalue weighted by Crippen LogP contribution is 2.45. The zero-order valence-corrected chi connectivity index (χ0v) is 41.8. The molecule has 386 valence electrons. The highest BCUT2D eigenvalue weighted by Gasteiger charge is 2.37. The molecule has 0 radical (unpaired) electrons. The minimum Gasteiger partial charge on any atom is -0.481 e. The van der Waals surface area contributed by atoms with E-state index in [2.05, 4.69) is 10.3 Å². The Morgan fingerprint density at radius 3 is 2.01 bits per heavy atom. The van der Waals surface area contributed by atoms with Gasteiger partial charge in [-0.15, -0.1) is 0 Å². The number of hydrogen-bond acceptors (Lipinski definition) is 16. The summed E-state index contributed by atoms with van der Waals surface area (Å²) in [6.45, 7) is -0.613. The number of rotatable bonds is 22. The molecule has 4 aromatic carbocycles. The molecule has 1 heterocycles. The third-order valence-corrected chi connectivity index (χ3v) is 17.0. The molecule has 24 nitrogen and oxygen atoms in total. The van der Waals surface area contributed by atoms with Crippen molar-refractivity contribution >= 4 is 85.0 Å². The van der Waals surface area contributed by atoms with Crippen LogP contribution < -0.4 is 25.5 Å². The van der Waals surface area contributed by atoms with Gasteiger partial charge in [-0.05, 0) is 54.8 Å². The van der Waals surface area contributed by atoms with Gasteiger partial charge in [0.2, 0.25) is 9.94 Å². The number of fused-ring (bicyclic) bond motifs is 2.